The van der Waals surface area contributed by atoms with Crippen molar-refractivity contribution >= 4 is 22.7 Å². The van der Waals surface area contributed by atoms with E-state index >= 15 is 0 Å². The summed E-state index contributed by atoms with van der Waals surface area (Å²) in [7, 11) is 0. The molecule has 98 valence electrons. The molecule has 3 rings (SSSR count). The Morgan fingerprint density at radius 2 is 1.47 bits per heavy atom. The normalized spacial score (nSPS) is 14.1. The number of hydrogen-bond donors (Lipinski definition) is 1. The van der Waals surface area contributed by atoms with Crippen molar-refractivity contribution in [2.75, 3.05) is 22.9 Å². The maximum Gasteiger partial charge on any atom is 0.178 e. The molecule has 5 nitrogen and oxygen atoms in total. The Balaban J connectivity index is 2.27. The Morgan fingerprint density at radius 1 is 1.00 bits per heavy atom. The molecule has 1 aromatic heterocycles. The summed E-state index contributed by atoms with van der Waals surface area (Å²) >= 11 is 0. The van der Waals surface area contributed by atoms with E-state index in [1.807, 2.05) is 24.3 Å². The monoisotopic (exact) mass is 255 g/mol. The Bertz CT molecular complexity index is 597. The van der Waals surface area contributed by atoms with Crippen LogP contribution in [0, 0.1) is 0 Å². The van der Waals surface area contributed by atoms with Crippen LogP contribution in [0.2, 0.25) is 0 Å². The summed E-state index contributed by atoms with van der Waals surface area (Å²) in [4.78, 5) is 13.7. The lowest BCUT2D eigenvalue weighted by Gasteiger charge is -2.21. The molecule has 2 N–H and O–H groups in total. The van der Waals surface area contributed by atoms with Crippen LogP contribution >= 0.6 is 0 Å². The van der Waals surface area contributed by atoms with E-state index < -0.39 is 0 Å². The predicted molar refractivity (Wildman–Crippen MR) is 77.8 cm³/mol. The average molecular weight is 255 g/mol. The highest BCUT2D eigenvalue weighted by molar-refractivity contribution is 5.85. The minimum atomic E-state index is 0.819. The summed E-state index contributed by atoms with van der Waals surface area (Å²) in [5, 5.41) is 0. The minimum absolute atomic E-state index is 0.819. The highest BCUT2D eigenvalue weighted by Gasteiger charge is 2.32. The Hall–Kier alpha value is -2.30. The van der Waals surface area contributed by atoms with Gasteiger partial charge in [0.25, 0.3) is 0 Å². The lowest BCUT2D eigenvalue weighted by molar-refractivity contribution is 0.884. The van der Waals surface area contributed by atoms with Crippen molar-refractivity contribution in [3.05, 3.63) is 36.3 Å². The van der Waals surface area contributed by atoms with E-state index in [0.29, 0.717) is 0 Å². The fourth-order valence-corrected chi connectivity index (χ4v) is 2.51. The molecule has 0 spiro atoms. The van der Waals surface area contributed by atoms with Gasteiger partial charge in [-0.1, -0.05) is 12.1 Å². The van der Waals surface area contributed by atoms with Crippen molar-refractivity contribution in [1.29, 1.82) is 0 Å². The van der Waals surface area contributed by atoms with Gasteiger partial charge in [0, 0.05) is 19.3 Å². The van der Waals surface area contributed by atoms with Crippen LogP contribution in [0.25, 0.3) is 11.0 Å². The third kappa shape index (κ3) is 1.62. The van der Waals surface area contributed by atoms with E-state index in [1.54, 1.807) is 6.20 Å². The van der Waals surface area contributed by atoms with Crippen molar-refractivity contribution < 1.29 is 0 Å². The molecule has 19 heavy (non-hydrogen) atoms. The van der Waals surface area contributed by atoms with Gasteiger partial charge < -0.3 is 15.5 Å². The zero-order valence-electron chi connectivity index (χ0n) is 11.2. The number of fused-ring (bicyclic) bond motifs is 2. The van der Waals surface area contributed by atoms with Crippen LogP contribution in [0.3, 0.4) is 0 Å². The van der Waals surface area contributed by atoms with Gasteiger partial charge in [-0.3, -0.25) is 0 Å². The van der Waals surface area contributed by atoms with E-state index in [-0.39, 0.29) is 0 Å². The molecule has 0 unspecified atom stereocenters. The van der Waals surface area contributed by atoms with Crippen LogP contribution in [-0.4, -0.2) is 23.1 Å². The molecule has 0 bridgehead atoms. The van der Waals surface area contributed by atoms with Crippen LogP contribution < -0.4 is 15.5 Å². The Morgan fingerprint density at radius 3 is 1.84 bits per heavy atom. The van der Waals surface area contributed by atoms with Gasteiger partial charge in [-0.05, 0) is 26.0 Å². The molecule has 0 amide bonds. The first-order chi connectivity index (χ1) is 9.30. The molecule has 2 heterocycles. The zero-order chi connectivity index (χ0) is 13.4. The van der Waals surface area contributed by atoms with Crippen molar-refractivity contribution in [3.63, 3.8) is 0 Å². The van der Waals surface area contributed by atoms with Crippen molar-refractivity contribution in [2.24, 2.45) is 5.73 Å². The molecule has 1 aromatic carbocycles. The standard InChI is InChI=1S/C14H17N5/c1-3-18-12(9-15)19(4-2)14-13(18)16-10-7-5-6-8-11(10)17-14/h5-9H,3-4,15H2,1-2H3. The summed E-state index contributed by atoms with van der Waals surface area (Å²) in [5.41, 5.74) is 7.59. The first-order valence-electron chi connectivity index (χ1n) is 6.53. The van der Waals surface area contributed by atoms with Crippen LogP contribution in [0.15, 0.2) is 36.3 Å². The number of aromatic nitrogens is 2. The number of anilines is 2. The van der Waals surface area contributed by atoms with E-state index in [0.717, 1.165) is 41.6 Å². The molecular weight excluding hydrogens is 238 g/mol. The molecule has 1 aliphatic rings. The van der Waals surface area contributed by atoms with Gasteiger partial charge in [0.15, 0.2) is 11.6 Å². The molecule has 0 atom stereocenters. The van der Waals surface area contributed by atoms with Gasteiger partial charge in [-0.2, -0.15) is 0 Å². The number of hydrogen-bond acceptors (Lipinski definition) is 5. The third-order valence-corrected chi connectivity index (χ3v) is 3.38. The second kappa shape index (κ2) is 4.42. The summed E-state index contributed by atoms with van der Waals surface area (Å²) in [6, 6.07) is 7.92. The molecular formula is C14H17N5. The van der Waals surface area contributed by atoms with Crippen molar-refractivity contribution in [3.8, 4) is 0 Å². The minimum Gasteiger partial charge on any atom is -0.402 e. The van der Waals surface area contributed by atoms with Crippen molar-refractivity contribution in [2.45, 2.75) is 13.8 Å². The highest BCUT2D eigenvalue weighted by Crippen LogP contribution is 2.38. The highest BCUT2D eigenvalue weighted by atomic mass is 15.4. The second-order valence-corrected chi connectivity index (χ2v) is 4.37. The lowest BCUT2D eigenvalue weighted by atomic mass is 10.3. The van der Waals surface area contributed by atoms with Crippen molar-refractivity contribution in [1.82, 2.24) is 9.97 Å². The topological polar surface area (TPSA) is 58.3 Å². The molecule has 0 aliphatic carbocycles. The number of nitrogens with two attached hydrogens (primary N) is 1. The van der Waals surface area contributed by atoms with Crippen LogP contribution in [0.4, 0.5) is 11.6 Å². The van der Waals surface area contributed by atoms with Crippen LogP contribution in [-0.2, 0) is 0 Å². The summed E-state index contributed by atoms with van der Waals surface area (Å²) in [5.74, 6) is 2.73. The van der Waals surface area contributed by atoms with E-state index in [1.165, 1.54) is 0 Å². The summed E-state index contributed by atoms with van der Waals surface area (Å²) < 4.78 is 0. The number of para-hydroxylation sites is 2. The largest absolute Gasteiger partial charge is 0.402 e. The van der Waals surface area contributed by atoms with E-state index in [2.05, 4.69) is 23.6 Å². The molecule has 0 radical (unpaired) electrons. The zero-order valence-corrected chi connectivity index (χ0v) is 11.2. The maximum atomic E-state index is 5.77. The Labute approximate surface area is 112 Å². The van der Waals surface area contributed by atoms with Gasteiger partial charge in [0.1, 0.15) is 5.82 Å². The molecule has 0 fully saturated rings. The average Bonchev–Trinajstić information content (AvgIpc) is 2.76. The van der Waals surface area contributed by atoms with E-state index in [4.69, 9.17) is 15.7 Å². The third-order valence-electron chi connectivity index (χ3n) is 3.38. The van der Waals surface area contributed by atoms with Gasteiger partial charge >= 0.3 is 0 Å². The van der Waals surface area contributed by atoms with Gasteiger partial charge in [0.2, 0.25) is 0 Å². The van der Waals surface area contributed by atoms with Gasteiger partial charge in [-0.25, -0.2) is 9.97 Å². The second-order valence-electron chi connectivity index (χ2n) is 4.37. The number of rotatable bonds is 2. The smallest absolute Gasteiger partial charge is 0.178 e. The first kappa shape index (κ1) is 11.8. The SMILES string of the molecule is CCN1C(=CN)N(CC)c2nc3ccccc3nc21. The number of benzene rings is 1. The lowest BCUT2D eigenvalue weighted by Crippen LogP contribution is -2.29. The van der Waals surface area contributed by atoms with Crippen LogP contribution in [0.5, 0.6) is 0 Å². The molecule has 0 saturated heterocycles. The molecule has 1 aliphatic heterocycles. The maximum absolute atomic E-state index is 5.77. The molecule has 0 saturated carbocycles. The molecule has 2 aromatic rings. The van der Waals surface area contributed by atoms with Gasteiger partial charge in [0.05, 0.1) is 11.0 Å². The summed E-state index contributed by atoms with van der Waals surface area (Å²) in [6.45, 7) is 5.81. The van der Waals surface area contributed by atoms with E-state index in [9.17, 15) is 0 Å². The Kier molecular flexibility index (Phi) is 2.74. The quantitative estimate of drug-likeness (QED) is 0.890. The number of nitrogens with zero attached hydrogens (tertiary/aromatic N) is 4. The summed E-state index contributed by atoms with van der Waals surface area (Å²) in [6.07, 6.45) is 1.63. The van der Waals surface area contributed by atoms with Crippen LogP contribution in [0.1, 0.15) is 13.8 Å². The first-order valence-corrected chi connectivity index (χ1v) is 6.53. The predicted octanol–water partition coefficient (Wildman–Crippen LogP) is 2.05. The fourth-order valence-electron chi connectivity index (χ4n) is 2.51. The van der Waals surface area contributed by atoms with Gasteiger partial charge in [-0.15, -0.1) is 0 Å². The fraction of sp³-hybridized carbons (Fsp3) is 0.286. The molecule has 5 heteroatoms.